The number of benzene rings is 1. The molecule has 1 heterocycles. The van der Waals surface area contributed by atoms with E-state index in [9.17, 15) is 0 Å². The van der Waals surface area contributed by atoms with E-state index < -0.39 is 0 Å². The van der Waals surface area contributed by atoms with Gasteiger partial charge in [0.15, 0.2) is 0 Å². The molecule has 0 fully saturated rings. The Morgan fingerprint density at radius 3 is 2.84 bits per heavy atom. The summed E-state index contributed by atoms with van der Waals surface area (Å²) in [5.74, 6) is 2.17. The molecular weight excluding hydrogens is 238 g/mol. The Bertz CT molecular complexity index is 608. The van der Waals surface area contributed by atoms with Crippen LogP contribution in [0.1, 0.15) is 26.6 Å². The van der Waals surface area contributed by atoms with E-state index in [4.69, 9.17) is 10.00 Å². The first-order valence-corrected chi connectivity index (χ1v) is 6.64. The molecular formula is C15H19N3O. The fraction of sp³-hybridized carbons (Fsp3) is 0.467. The highest BCUT2D eigenvalue weighted by Gasteiger charge is 2.12. The molecule has 0 bridgehead atoms. The minimum Gasteiger partial charge on any atom is -0.494 e. The fourth-order valence-electron chi connectivity index (χ4n) is 2.19. The lowest BCUT2D eigenvalue weighted by molar-refractivity contribution is 0.340. The molecule has 0 aliphatic rings. The van der Waals surface area contributed by atoms with E-state index in [1.807, 2.05) is 25.1 Å². The van der Waals surface area contributed by atoms with Crippen LogP contribution >= 0.6 is 0 Å². The van der Waals surface area contributed by atoms with Gasteiger partial charge in [0.05, 0.1) is 30.1 Å². The molecule has 19 heavy (non-hydrogen) atoms. The molecule has 0 saturated carbocycles. The standard InChI is InChI=1S/C15H19N3O/c1-4-19-12-5-6-14-13(9-12)17-15(7-8-16)18(14)10-11(2)3/h5-6,9,11H,4,7,10H2,1-3H3. The summed E-state index contributed by atoms with van der Waals surface area (Å²) in [4.78, 5) is 4.56. The number of rotatable bonds is 5. The summed E-state index contributed by atoms with van der Waals surface area (Å²) in [5.41, 5.74) is 1.97. The van der Waals surface area contributed by atoms with Gasteiger partial charge in [-0.15, -0.1) is 0 Å². The lowest BCUT2D eigenvalue weighted by Gasteiger charge is -2.10. The molecule has 0 spiro atoms. The summed E-state index contributed by atoms with van der Waals surface area (Å²) >= 11 is 0. The Morgan fingerprint density at radius 2 is 2.21 bits per heavy atom. The smallest absolute Gasteiger partial charge is 0.124 e. The molecule has 0 saturated heterocycles. The monoisotopic (exact) mass is 257 g/mol. The summed E-state index contributed by atoms with van der Waals surface area (Å²) in [6.45, 7) is 7.81. The highest BCUT2D eigenvalue weighted by molar-refractivity contribution is 5.78. The van der Waals surface area contributed by atoms with Crippen LogP contribution in [0.5, 0.6) is 5.75 Å². The molecule has 0 amide bonds. The van der Waals surface area contributed by atoms with E-state index in [2.05, 4.69) is 29.5 Å². The molecule has 1 aromatic heterocycles. The van der Waals surface area contributed by atoms with Gasteiger partial charge in [0, 0.05) is 12.6 Å². The van der Waals surface area contributed by atoms with E-state index in [1.54, 1.807) is 0 Å². The minimum absolute atomic E-state index is 0.339. The Hall–Kier alpha value is -2.02. The Morgan fingerprint density at radius 1 is 1.42 bits per heavy atom. The highest BCUT2D eigenvalue weighted by atomic mass is 16.5. The predicted octanol–water partition coefficient (Wildman–Crippen LogP) is 3.16. The van der Waals surface area contributed by atoms with Crippen LogP contribution < -0.4 is 4.74 Å². The van der Waals surface area contributed by atoms with Gasteiger partial charge in [-0.2, -0.15) is 5.26 Å². The molecule has 2 rings (SSSR count). The maximum absolute atomic E-state index is 8.91. The van der Waals surface area contributed by atoms with Crippen molar-refractivity contribution in [3.63, 3.8) is 0 Å². The van der Waals surface area contributed by atoms with Crippen LogP contribution in [0.25, 0.3) is 11.0 Å². The molecule has 0 aliphatic carbocycles. The van der Waals surface area contributed by atoms with Crippen LogP contribution in [0, 0.1) is 17.2 Å². The number of nitriles is 1. The second-order valence-corrected chi connectivity index (χ2v) is 4.95. The van der Waals surface area contributed by atoms with E-state index >= 15 is 0 Å². The van der Waals surface area contributed by atoms with Crippen molar-refractivity contribution in [1.29, 1.82) is 5.26 Å². The van der Waals surface area contributed by atoms with Gasteiger partial charge < -0.3 is 9.30 Å². The van der Waals surface area contributed by atoms with Gasteiger partial charge in [-0.1, -0.05) is 13.8 Å². The number of fused-ring (bicyclic) bond motifs is 1. The molecule has 4 heteroatoms. The van der Waals surface area contributed by atoms with Crippen molar-refractivity contribution in [2.24, 2.45) is 5.92 Å². The summed E-state index contributed by atoms with van der Waals surface area (Å²) in [6.07, 6.45) is 0.339. The number of imidazole rings is 1. The van der Waals surface area contributed by atoms with Crippen LogP contribution in [0.2, 0.25) is 0 Å². The number of aromatic nitrogens is 2. The largest absolute Gasteiger partial charge is 0.494 e. The second-order valence-electron chi connectivity index (χ2n) is 4.95. The summed E-state index contributed by atoms with van der Waals surface area (Å²) in [5, 5.41) is 8.91. The lowest BCUT2D eigenvalue weighted by Crippen LogP contribution is -2.08. The zero-order valence-corrected chi connectivity index (χ0v) is 11.7. The van der Waals surface area contributed by atoms with Crippen LogP contribution in [0.3, 0.4) is 0 Å². The molecule has 0 atom stereocenters. The fourth-order valence-corrected chi connectivity index (χ4v) is 2.19. The van der Waals surface area contributed by atoms with Crippen LogP contribution in [0.4, 0.5) is 0 Å². The normalized spacial score (nSPS) is 10.9. The number of hydrogen-bond acceptors (Lipinski definition) is 3. The van der Waals surface area contributed by atoms with Crippen molar-refractivity contribution in [2.45, 2.75) is 33.7 Å². The maximum Gasteiger partial charge on any atom is 0.124 e. The summed E-state index contributed by atoms with van der Waals surface area (Å²) in [6, 6.07) is 8.11. The minimum atomic E-state index is 0.339. The van der Waals surface area contributed by atoms with Gasteiger partial charge in [0.25, 0.3) is 0 Å². The zero-order valence-electron chi connectivity index (χ0n) is 11.7. The van der Waals surface area contributed by atoms with Crippen LogP contribution in [-0.2, 0) is 13.0 Å². The third-order valence-corrected chi connectivity index (χ3v) is 2.89. The molecule has 1 aromatic carbocycles. The van der Waals surface area contributed by atoms with Crippen molar-refractivity contribution in [3.8, 4) is 11.8 Å². The molecule has 0 N–H and O–H groups in total. The Kier molecular flexibility index (Phi) is 4.06. The molecule has 0 unspecified atom stereocenters. The average Bonchev–Trinajstić information content (AvgIpc) is 2.67. The summed E-state index contributed by atoms with van der Waals surface area (Å²) < 4.78 is 7.63. The van der Waals surface area contributed by atoms with E-state index in [1.165, 1.54) is 0 Å². The first kappa shape index (κ1) is 13.4. The third-order valence-electron chi connectivity index (χ3n) is 2.89. The van der Waals surface area contributed by atoms with Crippen molar-refractivity contribution in [1.82, 2.24) is 9.55 Å². The zero-order chi connectivity index (χ0) is 13.8. The van der Waals surface area contributed by atoms with E-state index in [0.717, 1.165) is 29.2 Å². The van der Waals surface area contributed by atoms with E-state index in [-0.39, 0.29) is 0 Å². The number of nitrogens with zero attached hydrogens (tertiary/aromatic N) is 3. The van der Waals surface area contributed by atoms with Gasteiger partial charge >= 0.3 is 0 Å². The van der Waals surface area contributed by atoms with Crippen molar-refractivity contribution in [2.75, 3.05) is 6.61 Å². The van der Waals surface area contributed by atoms with Gasteiger partial charge in [0.2, 0.25) is 0 Å². The molecule has 4 nitrogen and oxygen atoms in total. The van der Waals surface area contributed by atoms with Crippen LogP contribution in [0.15, 0.2) is 18.2 Å². The van der Waals surface area contributed by atoms with Crippen molar-refractivity contribution < 1.29 is 4.74 Å². The number of ether oxygens (including phenoxy) is 1. The maximum atomic E-state index is 8.91. The first-order valence-electron chi connectivity index (χ1n) is 6.64. The third kappa shape index (κ3) is 2.87. The molecule has 0 radical (unpaired) electrons. The molecule has 0 aliphatic heterocycles. The molecule has 2 aromatic rings. The van der Waals surface area contributed by atoms with Gasteiger partial charge in [-0.25, -0.2) is 4.98 Å². The average molecular weight is 257 g/mol. The van der Waals surface area contributed by atoms with Crippen molar-refractivity contribution >= 4 is 11.0 Å². The lowest BCUT2D eigenvalue weighted by atomic mass is 10.2. The van der Waals surface area contributed by atoms with Gasteiger partial charge in [-0.3, -0.25) is 0 Å². The predicted molar refractivity (Wildman–Crippen MR) is 75.1 cm³/mol. The Labute approximate surface area is 113 Å². The Balaban J connectivity index is 2.50. The first-order chi connectivity index (χ1) is 9.15. The second kappa shape index (κ2) is 5.75. The SMILES string of the molecule is CCOc1ccc2c(c1)nc(CC#N)n2CC(C)C. The summed E-state index contributed by atoms with van der Waals surface area (Å²) in [7, 11) is 0. The van der Waals surface area contributed by atoms with Gasteiger partial charge in [-0.05, 0) is 25.0 Å². The molecule has 100 valence electrons. The highest BCUT2D eigenvalue weighted by Crippen LogP contribution is 2.23. The number of hydrogen-bond donors (Lipinski definition) is 0. The quantitative estimate of drug-likeness (QED) is 0.826. The van der Waals surface area contributed by atoms with Gasteiger partial charge in [0.1, 0.15) is 11.6 Å². The topological polar surface area (TPSA) is 50.8 Å². The van der Waals surface area contributed by atoms with E-state index in [0.29, 0.717) is 18.9 Å². The van der Waals surface area contributed by atoms with Crippen molar-refractivity contribution in [3.05, 3.63) is 24.0 Å². The van der Waals surface area contributed by atoms with Crippen LogP contribution in [-0.4, -0.2) is 16.2 Å².